The van der Waals surface area contributed by atoms with Crippen molar-refractivity contribution in [2.75, 3.05) is 13.2 Å². The standard InChI is InChI=1S/C24H33ClN4O4SSi/c1-24(2,17-5-3-6-18(25)12-17)15-33-22(31)29-34-20(11-16-7-8-16)21(30)28-19(13-26)14-35-10-4-9-27-23(35)32/h3,5-6,12,16,19-20,35H,4,7-11,14-15H2,1-2H3,(H,27,32)(H,28,30)(H,29,31)/t19-,20+,35+/m1/s1. The van der Waals surface area contributed by atoms with Gasteiger partial charge in [0, 0.05) is 17.0 Å². The normalized spacial score (nSPS) is 19.6. The quantitative estimate of drug-likeness (QED) is 0.289. The molecule has 0 spiro atoms. The molecule has 1 saturated carbocycles. The number of nitriles is 1. The van der Waals surface area contributed by atoms with E-state index in [-0.39, 0.29) is 18.0 Å². The fraction of sp³-hybridized carbons (Fsp3) is 0.583. The molecule has 35 heavy (non-hydrogen) atoms. The average Bonchev–Trinajstić information content (AvgIpc) is 3.65. The van der Waals surface area contributed by atoms with Crippen LogP contribution in [0.15, 0.2) is 24.3 Å². The third-order valence-electron chi connectivity index (χ3n) is 6.38. The van der Waals surface area contributed by atoms with E-state index in [1.807, 2.05) is 32.0 Å². The van der Waals surface area contributed by atoms with Crippen LogP contribution in [0.2, 0.25) is 17.1 Å². The van der Waals surface area contributed by atoms with Gasteiger partial charge in [-0.25, -0.2) is 4.79 Å². The van der Waals surface area contributed by atoms with Gasteiger partial charge in [-0.05, 0) is 60.5 Å². The molecule has 3 rings (SSSR count). The lowest BCUT2D eigenvalue weighted by Crippen LogP contribution is -2.48. The summed E-state index contributed by atoms with van der Waals surface area (Å²) in [5.41, 5.74) is 0.585. The summed E-state index contributed by atoms with van der Waals surface area (Å²) in [7, 11) is -1.78. The highest BCUT2D eigenvalue weighted by molar-refractivity contribution is 7.99. The van der Waals surface area contributed by atoms with E-state index < -0.39 is 31.6 Å². The maximum atomic E-state index is 13.0. The lowest BCUT2D eigenvalue weighted by Gasteiger charge is -2.25. The van der Waals surface area contributed by atoms with Crippen molar-refractivity contribution in [1.29, 1.82) is 5.26 Å². The van der Waals surface area contributed by atoms with Crippen LogP contribution in [-0.2, 0) is 14.9 Å². The molecular formula is C24H33ClN4O4SSi. The zero-order chi connectivity index (χ0) is 25.4. The predicted octanol–water partition coefficient (Wildman–Crippen LogP) is 4.09. The Bertz CT molecular complexity index is 969. The molecule has 11 heteroatoms. The number of nitrogens with one attached hydrogen (secondary N) is 3. The van der Waals surface area contributed by atoms with Crippen LogP contribution in [0.5, 0.6) is 0 Å². The van der Waals surface area contributed by atoms with Crippen molar-refractivity contribution in [3.63, 3.8) is 0 Å². The molecular weight excluding hydrogens is 504 g/mol. The van der Waals surface area contributed by atoms with Crippen molar-refractivity contribution in [1.82, 2.24) is 15.4 Å². The largest absolute Gasteiger partial charge is 0.448 e. The zero-order valence-electron chi connectivity index (χ0n) is 20.1. The van der Waals surface area contributed by atoms with Gasteiger partial charge in [0.1, 0.15) is 26.7 Å². The first-order valence-electron chi connectivity index (χ1n) is 12.0. The highest BCUT2D eigenvalue weighted by atomic mass is 35.5. The molecule has 3 amide bonds. The Morgan fingerprint density at radius 3 is 2.83 bits per heavy atom. The van der Waals surface area contributed by atoms with Crippen molar-refractivity contribution >= 4 is 49.9 Å². The first-order chi connectivity index (χ1) is 16.7. The van der Waals surface area contributed by atoms with E-state index in [4.69, 9.17) is 16.3 Å². The minimum atomic E-state index is -1.78. The van der Waals surface area contributed by atoms with E-state index in [9.17, 15) is 19.6 Å². The van der Waals surface area contributed by atoms with E-state index in [2.05, 4.69) is 21.4 Å². The Morgan fingerprint density at radius 2 is 2.17 bits per heavy atom. The Kier molecular flexibility index (Phi) is 9.89. The summed E-state index contributed by atoms with van der Waals surface area (Å²) in [5, 5.41) is 15.3. The monoisotopic (exact) mass is 536 g/mol. The number of halogens is 1. The highest BCUT2D eigenvalue weighted by Gasteiger charge is 2.33. The molecule has 1 aliphatic carbocycles. The van der Waals surface area contributed by atoms with Gasteiger partial charge in [-0.2, -0.15) is 5.26 Å². The van der Waals surface area contributed by atoms with Crippen LogP contribution in [-0.4, -0.2) is 50.8 Å². The van der Waals surface area contributed by atoms with Crippen LogP contribution >= 0.6 is 23.5 Å². The number of hydrogen-bond donors (Lipinski definition) is 3. The Hall–Kier alpha value is -2.22. The van der Waals surface area contributed by atoms with Gasteiger partial charge in [0.15, 0.2) is 5.53 Å². The first kappa shape index (κ1) is 27.4. The predicted molar refractivity (Wildman–Crippen MR) is 140 cm³/mol. The molecule has 1 aromatic carbocycles. The summed E-state index contributed by atoms with van der Waals surface area (Å²) >= 11 is 7.10. The van der Waals surface area contributed by atoms with Gasteiger partial charge < -0.3 is 15.4 Å². The van der Waals surface area contributed by atoms with Gasteiger partial charge >= 0.3 is 6.09 Å². The maximum absolute atomic E-state index is 13.0. The smallest absolute Gasteiger partial charge is 0.417 e. The average molecular weight is 537 g/mol. The first-order valence-corrected chi connectivity index (χ1v) is 15.5. The molecule has 2 fully saturated rings. The Labute approximate surface area is 217 Å². The number of hydrogen-bond acceptors (Lipinski definition) is 6. The third-order valence-corrected chi connectivity index (χ3v) is 10.7. The van der Waals surface area contributed by atoms with Crippen LogP contribution in [0.25, 0.3) is 0 Å². The second-order valence-corrected chi connectivity index (χ2v) is 14.3. The van der Waals surface area contributed by atoms with Crippen LogP contribution in [0.4, 0.5) is 9.59 Å². The van der Waals surface area contributed by atoms with Crippen LogP contribution in [0, 0.1) is 17.2 Å². The van der Waals surface area contributed by atoms with Crippen molar-refractivity contribution < 1.29 is 19.1 Å². The fourth-order valence-electron chi connectivity index (χ4n) is 4.01. The molecule has 0 aromatic heterocycles. The topological polar surface area (TPSA) is 120 Å². The molecule has 1 aromatic rings. The van der Waals surface area contributed by atoms with Crippen molar-refractivity contribution in [3.8, 4) is 6.07 Å². The number of ether oxygens (including phenoxy) is 1. The van der Waals surface area contributed by atoms with E-state index in [1.54, 1.807) is 6.07 Å². The number of amides is 3. The molecule has 8 nitrogen and oxygen atoms in total. The van der Waals surface area contributed by atoms with E-state index in [0.29, 0.717) is 30.0 Å². The van der Waals surface area contributed by atoms with E-state index >= 15 is 0 Å². The lowest BCUT2D eigenvalue weighted by atomic mass is 9.86. The van der Waals surface area contributed by atoms with Crippen molar-refractivity contribution in [3.05, 3.63) is 34.9 Å². The Morgan fingerprint density at radius 1 is 1.40 bits per heavy atom. The number of nitrogens with zero attached hydrogens (tertiary/aromatic N) is 1. The molecule has 0 bridgehead atoms. The molecule has 1 aliphatic heterocycles. The molecule has 2 aliphatic rings. The molecule has 1 saturated heterocycles. The molecule has 3 N–H and O–H groups in total. The lowest BCUT2D eigenvalue weighted by molar-refractivity contribution is -0.121. The highest BCUT2D eigenvalue weighted by Crippen LogP contribution is 2.36. The zero-order valence-corrected chi connectivity index (χ0v) is 22.9. The molecule has 190 valence electrons. The number of benzene rings is 1. The van der Waals surface area contributed by atoms with Crippen LogP contribution in [0.3, 0.4) is 0 Å². The van der Waals surface area contributed by atoms with Crippen molar-refractivity contribution in [2.45, 2.75) is 68.3 Å². The van der Waals surface area contributed by atoms with Gasteiger partial charge in [-0.3, -0.25) is 14.3 Å². The van der Waals surface area contributed by atoms with Crippen molar-refractivity contribution in [2.24, 2.45) is 5.92 Å². The van der Waals surface area contributed by atoms with Gasteiger partial charge in [0.05, 0.1) is 6.07 Å². The molecule has 0 radical (unpaired) electrons. The number of rotatable bonds is 11. The summed E-state index contributed by atoms with van der Waals surface area (Å²) in [6.07, 6.45) is 3.03. The minimum absolute atomic E-state index is 0.0692. The van der Waals surface area contributed by atoms with Gasteiger partial charge in [-0.1, -0.05) is 50.4 Å². The van der Waals surface area contributed by atoms with Crippen LogP contribution in [0.1, 0.15) is 45.1 Å². The summed E-state index contributed by atoms with van der Waals surface area (Å²) in [6, 6.07) is 10.1. The Balaban J connectivity index is 1.50. The fourth-order valence-corrected chi connectivity index (χ4v) is 7.67. The van der Waals surface area contributed by atoms with Gasteiger partial charge in [0.25, 0.3) is 0 Å². The van der Waals surface area contributed by atoms with Crippen LogP contribution < -0.4 is 15.4 Å². The van der Waals surface area contributed by atoms with E-state index in [0.717, 1.165) is 42.8 Å². The number of carbonyl (C=O) groups excluding carboxylic acids is 3. The van der Waals surface area contributed by atoms with Gasteiger partial charge in [0.2, 0.25) is 5.91 Å². The maximum Gasteiger partial charge on any atom is 0.417 e. The summed E-state index contributed by atoms with van der Waals surface area (Å²) < 4.78 is 8.07. The summed E-state index contributed by atoms with van der Waals surface area (Å²) in [4.78, 5) is 37.5. The minimum Gasteiger partial charge on any atom is -0.448 e. The third kappa shape index (κ3) is 8.74. The summed E-state index contributed by atoms with van der Waals surface area (Å²) in [5.74, 6) is 0.148. The van der Waals surface area contributed by atoms with Gasteiger partial charge in [-0.15, -0.1) is 0 Å². The summed E-state index contributed by atoms with van der Waals surface area (Å²) in [6.45, 7) is 4.74. The second-order valence-electron chi connectivity index (χ2n) is 9.91. The second kappa shape index (κ2) is 12.7. The number of carbonyl (C=O) groups is 3. The van der Waals surface area contributed by atoms with E-state index in [1.165, 1.54) is 0 Å². The molecule has 0 unspecified atom stereocenters. The molecule has 1 heterocycles. The SMILES string of the molecule is CC(C)(COC(=O)NS[C@@H](CC1CC1)C(=O)N[C@H](C#N)C[Si@@H]1CCCNC1=O)c1cccc(Cl)c1. The molecule has 3 atom stereocenters.